The highest BCUT2D eigenvalue weighted by Gasteiger charge is 2.05. The van der Waals surface area contributed by atoms with E-state index in [9.17, 15) is 4.79 Å². The van der Waals surface area contributed by atoms with Gasteiger partial charge in [0.1, 0.15) is 0 Å². The zero-order chi connectivity index (χ0) is 16.9. The molecule has 0 atom stereocenters. The van der Waals surface area contributed by atoms with Crippen molar-refractivity contribution in [2.75, 3.05) is 0 Å². The monoisotopic (exact) mass is 352 g/mol. The molecule has 4 rings (SSSR count). The highest BCUT2D eigenvalue weighted by molar-refractivity contribution is 7.24. The molecule has 3 heteroatoms. The summed E-state index contributed by atoms with van der Waals surface area (Å²) in [6.45, 7) is 4.28. The van der Waals surface area contributed by atoms with Crippen molar-refractivity contribution in [3.8, 4) is 0 Å². The van der Waals surface area contributed by atoms with Crippen molar-refractivity contribution in [3.63, 3.8) is 0 Å². The van der Waals surface area contributed by atoms with Crippen LogP contribution in [0.5, 0.6) is 0 Å². The van der Waals surface area contributed by atoms with Crippen LogP contribution in [-0.4, -0.2) is 0 Å². The summed E-state index contributed by atoms with van der Waals surface area (Å²) < 4.78 is 2.14. The predicted molar refractivity (Wildman–Crippen MR) is 109 cm³/mol. The van der Waals surface area contributed by atoms with Crippen molar-refractivity contribution in [3.05, 3.63) is 80.6 Å². The molecule has 0 aliphatic carbocycles. The molecule has 24 heavy (non-hydrogen) atoms. The van der Waals surface area contributed by atoms with E-state index in [1.807, 2.05) is 41.7 Å². The molecule has 0 saturated carbocycles. The third kappa shape index (κ3) is 3.58. The van der Waals surface area contributed by atoms with Crippen LogP contribution in [0.4, 0.5) is 0 Å². The van der Waals surface area contributed by atoms with Crippen LogP contribution >= 0.6 is 22.7 Å². The molecule has 0 amide bonds. The molecule has 0 saturated heterocycles. The van der Waals surface area contributed by atoms with E-state index in [-0.39, 0.29) is 5.43 Å². The van der Waals surface area contributed by atoms with Crippen LogP contribution in [0.2, 0.25) is 0 Å². The zero-order valence-electron chi connectivity index (χ0n) is 13.9. The number of hydrogen-bond donors (Lipinski definition) is 0. The Labute approximate surface area is 150 Å². The molecule has 4 aromatic rings. The summed E-state index contributed by atoms with van der Waals surface area (Å²) in [5.41, 5.74) is 1.38. The molecule has 0 radical (unpaired) electrons. The number of thiophene rings is 1. The van der Waals surface area contributed by atoms with Crippen LogP contribution in [0, 0.1) is 0 Å². The van der Waals surface area contributed by atoms with Gasteiger partial charge >= 0.3 is 0 Å². The van der Waals surface area contributed by atoms with E-state index in [2.05, 4.69) is 43.5 Å². The fraction of sp³-hybridized carbons (Fsp3) is 0.190. The molecule has 2 heterocycles. The average Bonchev–Trinajstić information content (AvgIpc) is 3.16. The molecule has 0 unspecified atom stereocenters. The molecule has 0 fully saturated rings. The Morgan fingerprint density at radius 2 is 1.62 bits per heavy atom. The lowest BCUT2D eigenvalue weighted by Crippen LogP contribution is -2.01. The first kappa shape index (κ1) is 16.9. The minimum absolute atomic E-state index is 0.157. The Balaban J connectivity index is 0.000000203. The molecule has 0 aliphatic heterocycles. The highest BCUT2D eigenvalue weighted by Crippen LogP contribution is 2.25. The summed E-state index contributed by atoms with van der Waals surface area (Å²) in [6.07, 6.45) is 2.14. The Morgan fingerprint density at radius 1 is 0.833 bits per heavy atom. The fourth-order valence-corrected chi connectivity index (χ4v) is 4.29. The summed E-state index contributed by atoms with van der Waals surface area (Å²) in [5, 5.41) is 3.80. The van der Waals surface area contributed by atoms with E-state index in [4.69, 9.17) is 0 Å². The van der Waals surface area contributed by atoms with Gasteiger partial charge in [0, 0.05) is 25.0 Å². The van der Waals surface area contributed by atoms with Crippen LogP contribution in [0.3, 0.4) is 0 Å². The van der Waals surface area contributed by atoms with Gasteiger partial charge in [0.05, 0.1) is 0 Å². The summed E-state index contributed by atoms with van der Waals surface area (Å²) in [7, 11) is 0. The van der Waals surface area contributed by atoms with E-state index in [1.54, 1.807) is 11.3 Å². The largest absolute Gasteiger partial charge is 0.289 e. The Hall–Kier alpha value is -1.97. The summed E-state index contributed by atoms with van der Waals surface area (Å²) in [6, 6.07) is 18.3. The third-order valence-corrected chi connectivity index (χ3v) is 6.15. The Morgan fingerprint density at radius 3 is 2.29 bits per heavy atom. The van der Waals surface area contributed by atoms with Crippen LogP contribution in [-0.2, 0) is 12.8 Å². The van der Waals surface area contributed by atoms with Crippen LogP contribution < -0.4 is 5.43 Å². The quantitative estimate of drug-likeness (QED) is 0.388. The van der Waals surface area contributed by atoms with E-state index < -0.39 is 0 Å². The van der Waals surface area contributed by atoms with Gasteiger partial charge in [-0.25, -0.2) is 0 Å². The van der Waals surface area contributed by atoms with Crippen molar-refractivity contribution in [2.45, 2.75) is 26.7 Å². The zero-order valence-corrected chi connectivity index (χ0v) is 15.5. The Bertz CT molecular complexity index is 997. The molecular formula is C21H20OS2. The first-order valence-corrected chi connectivity index (χ1v) is 9.89. The summed E-state index contributed by atoms with van der Waals surface area (Å²) >= 11 is 3.51. The standard InChI is InChI=1S/C15H12OS.C6H8S/c1-2-10-7-8-14-12(9-10)15(16)11-5-3-4-6-13(11)17-14;1-2-6-4-3-5-7-6/h3-9H,2H2,1H3;3-5H,2H2,1H3. The molecule has 0 aliphatic rings. The van der Waals surface area contributed by atoms with E-state index in [0.717, 1.165) is 26.6 Å². The predicted octanol–water partition coefficient (Wildman–Crippen LogP) is 6.29. The Kier molecular flexibility index (Phi) is 5.44. The fourth-order valence-electron chi connectivity index (χ4n) is 2.58. The van der Waals surface area contributed by atoms with E-state index in [0.29, 0.717) is 0 Å². The number of rotatable bonds is 2. The second-order valence-electron chi connectivity index (χ2n) is 5.54. The number of benzene rings is 2. The third-order valence-electron chi connectivity index (χ3n) is 3.98. The van der Waals surface area contributed by atoms with Gasteiger partial charge in [-0.15, -0.1) is 22.7 Å². The van der Waals surface area contributed by atoms with Gasteiger partial charge in [0.2, 0.25) is 0 Å². The second-order valence-corrected chi connectivity index (χ2v) is 7.66. The van der Waals surface area contributed by atoms with Gasteiger partial charge in [-0.1, -0.05) is 38.1 Å². The topological polar surface area (TPSA) is 17.1 Å². The minimum Gasteiger partial charge on any atom is -0.289 e. The first-order chi connectivity index (χ1) is 11.7. The van der Waals surface area contributed by atoms with E-state index in [1.165, 1.54) is 16.9 Å². The summed E-state index contributed by atoms with van der Waals surface area (Å²) in [5.74, 6) is 0. The maximum absolute atomic E-state index is 12.4. The van der Waals surface area contributed by atoms with Crippen LogP contribution in [0.15, 0.2) is 64.8 Å². The molecule has 0 bridgehead atoms. The van der Waals surface area contributed by atoms with Gasteiger partial charge in [0.25, 0.3) is 0 Å². The average molecular weight is 353 g/mol. The van der Waals surface area contributed by atoms with Crippen molar-refractivity contribution in [1.82, 2.24) is 0 Å². The van der Waals surface area contributed by atoms with Gasteiger partial charge in [-0.2, -0.15) is 0 Å². The number of aryl methyl sites for hydroxylation is 2. The van der Waals surface area contributed by atoms with Crippen molar-refractivity contribution in [1.29, 1.82) is 0 Å². The van der Waals surface area contributed by atoms with Crippen LogP contribution in [0.1, 0.15) is 24.3 Å². The smallest absolute Gasteiger partial charge is 0.195 e. The lowest BCUT2D eigenvalue weighted by Gasteiger charge is -2.02. The normalized spacial score (nSPS) is 10.6. The van der Waals surface area contributed by atoms with E-state index >= 15 is 0 Å². The van der Waals surface area contributed by atoms with Crippen molar-refractivity contribution in [2.24, 2.45) is 0 Å². The number of hydrogen-bond acceptors (Lipinski definition) is 3. The lowest BCUT2D eigenvalue weighted by molar-refractivity contribution is 1.15. The second kappa shape index (κ2) is 7.73. The van der Waals surface area contributed by atoms with Crippen LogP contribution in [0.25, 0.3) is 20.2 Å². The van der Waals surface area contributed by atoms with Gasteiger partial charge in [0.15, 0.2) is 5.43 Å². The van der Waals surface area contributed by atoms with Gasteiger partial charge in [-0.3, -0.25) is 4.79 Å². The molecule has 122 valence electrons. The maximum Gasteiger partial charge on any atom is 0.195 e. The van der Waals surface area contributed by atoms with Crippen molar-refractivity contribution < 1.29 is 0 Å². The SMILES string of the molecule is CCc1ccc2sc3ccccc3c(=O)c2c1.CCc1cccs1. The highest BCUT2D eigenvalue weighted by atomic mass is 32.1. The van der Waals surface area contributed by atoms with Gasteiger partial charge in [-0.05, 0) is 54.1 Å². The maximum atomic E-state index is 12.4. The molecule has 0 spiro atoms. The molecule has 2 aromatic carbocycles. The summed E-state index contributed by atoms with van der Waals surface area (Å²) in [4.78, 5) is 13.8. The lowest BCUT2D eigenvalue weighted by atomic mass is 10.1. The first-order valence-electron chi connectivity index (χ1n) is 8.19. The van der Waals surface area contributed by atoms with Crippen molar-refractivity contribution >= 4 is 42.8 Å². The molecule has 0 N–H and O–H groups in total. The number of fused-ring (bicyclic) bond motifs is 2. The minimum atomic E-state index is 0.157. The molecular weight excluding hydrogens is 332 g/mol. The molecule has 2 aromatic heterocycles. The van der Waals surface area contributed by atoms with Gasteiger partial charge < -0.3 is 0 Å². The molecule has 1 nitrogen and oxygen atoms in total.